The van der Waals surface area contributed by atoms with Gasteiger partial charge >= 0.3 is 6.03 Å². The number of pyridine rings is 1. The number of amides is 3. The SMILES string of the molecule is CCNC(=O)c1c[nH]c(-c2cc(Oc3ccc(NC(=O)Nc4cccc(CN)c4)c(F)c3)ccn2)c1. The molecule has 2 heterocycles. The molecule has 36 heavy (non-hydrogen) atoms. The molecule has 10 heteroatoms. The number of carbonyl (C=O) groups excluding carboxylic acids is 2. The smallest absolute Gasteiger partial charge is 0.323 e. The van der Waals surface area contributed by atoms with Crippen molar-refractivity contribution in [3.63, 3.8) is 0 Å². The number of H-pyrrole nitrogens is 1. The Balaban J connectivity index is 1.41. The molecular weight excluding hydrogens is 463 g/mol. The maximum Gasteiger partial charge on any atom is 0.323 e. The standard InChI is InChI=1S/C26H25FN6O3/c1-2-29-25(34)17-11-23(31-15-17)24-13-20(8-9-30-24)36-19-6-7-22(21(27)12-19)33-26(35)32-18-5-3-4-16(10-18)14-28/h3-13,15,31H,2,14,28H2,1H3,(H,29,34)(H2,32,33,35). The highest BCUT2D eigenvalue weighted by Gasteiger charge is 2.12. The molecule has 0 unspecified atom stereocenters. The second-order valence-corrected chi connectivity index (χ2v) is 7.77. The number of halogens is 1. The normalized spacial score (nSPS) is 10.5. The zero-order valence-electron chi connectivity index (χ0n) is 19.5. The number of nitrogens with two attached hydrogens (primary N) is 1. The first kappa shape index (κ1) is 24.4. The molecule has 0 atom stereocenters. The van der Waals surface area contributed by atoms with Crippen LogP contribution in [-0.4, -0.2) is 28.5 Å². The van der Waals surface area contributed by atoms with Crippen molar-refractivity contribution in [2.45, 2.75) is 13.5 Å². The number of nitrogens with one attached hydrogen (secondary N) is 4. The van der Waals surface area contributed by atoms with Gasteiger partial charge in [-0.15, -0.1) is 0 Å². The van der Waals surface area contributed by atoms with Crippen molar-refractivity contribution in [2.24, 2.45) is 5.73 Å². The number of anilines is 2. The number of aromatic amines is 1. The monoisotopic (exact) mass is 488 g/mol. The van der Waals surface area contributed by atoms with Gasteiger partial charge < -0.3 is 31.4 Å². The Hall–Kier alpha value is -4.70. The third-order valence-electron chi connectivity index (χ3n) is 5.13. The van der Waals surface area contributed by atoms with Gasteiger partial charge in [0.2, 0.25) is 0 Å². The van der Waals surface area contributed by atoms with Crippen LogP contribution in [-0.2, 0) is 6.54 Å². The highest BCUT2D eigenvalue weighted by Crippen LogP contribution is 2.28. The minimum absolute atomic E-state index is 0.00508. The van der Waals surface area contributed by atoms with Crippen molar-refractivity contribution < 1.29 is 18.7 Å². The Bertz CT molecular complexity index is 1390. The molecule has 6 N–H and O–H groups in total. The Kier molecular flexibility index (Phi) is 7.57. The van der Waals surface area contributed by atoms with Gasteiger partial charge in [0, 0.05) is 43.3 Å². The van der Waals surface area contributed by atoms with E-state index >= 15 is 0 Å². The number of hydrogen-bond donors (Lipinski definition) is 5. The Morgan fingerprint density at radius 2 is 1.89 bits per heavy atom. The van der Waals surface area contributed by atoms with Crippen molar-refractivity contribution >= 4 is 23.3 Å². The minimum atomic E-state index is -0.663. The molecule has 2 aromatic carbocycles. The van der Waals surface area contributed by atoms with Gasteiger partial charge in [-0.1, -0.05) is 12.1 Å². The number of nitrogens with zero attached hydrogens (tertiary/aromatic N) is 1. The first-order valence-corrected chi connectivity index (χ1v) is 11.2. The molecule has 0 saturated heterocycles. The van der Waals surface area contributed by atoms with Crippen molar-refractivity contribution in [3.8, 4) is 22.9 Å². The number of ether oxygens (including phenoxy) is 1. The summed E-state index contributed by atoms with van der Waals surface area (Å²) in [6.07, 6.45) is 3.15. The average Bonchev–Trinajstić information content (AvgIpc) is 3.37. The number of urea groups is 1. The molecule has 0 aliphatic carbocycles. The lowest BCUT2D eigenvalue weighted by Gasteiger charge is -2.11. The van der Waals surface area contributed by atoms with Crippen LogP contribution in [0.25, 0.3) is 11.4 Å². The van der Waals surface area contributed by atoms with E-state index in [2.05, 4.69) is 25.9 Å². The summed E-state index contributed by atoms with van der Waals surface area (Å²) in [5.41, 5.74) is 8.69. The molecular formula is C26H25FN6O3. The highest BCUT2D eigenvalue weighted by molar-refractivity contribution is 6.00. The summed E-state index contributed by atoms with van der Waals surface area (Å²) in [5, 5.41) is 7.86. The van der Waals surface area contributed by atoms with E-state index in [1.54, 1.807) is 48.8 Å². The predicted molar refractivity (Wildman–Crippen MR) is 135 cm³/mol. The van der Waals surface area contributed by atoms with Gasteiger partial charge in [0.1, 0.15) is 17.3 Å². The molecule has 0 spiro atoms. The Labute approximate surface area is 206 Å². The van der Waals surface area contributed by atoms with E-state index in [4.69, 9.17) is 10.5 Å². The lowest BCUT2D eigenvalue weighted by atomic mass is 10.2. The zero-order valence-corrected chi connectivity index (χ0v) is 19.5. The van der Waals surface area contributed by atoms with E-state index in [0.717, 1.165) is 5.56 Å². The molecule has 2 aromatic heterocycles. The summed E-state index contributed by atoms with van der Waals surface area (Å²) >= 11 is 0. The summed E-state index contributed by atoms with van der Waals surface area (Å²) in [6, 6.07) is 15.6. The lowest BCUT2D eigenvalue weighted by molar-refractivity contribution is 0.0956. The molecule has 0 saturated carbocycles. The fourth-order valence-electron chi connectivity index (χ4n) is 3.42. The molecule has 3 amide bonds. The lowest BCUT2D eigenvalue weighted by Crippen LogP contribution is -2.21. The summed E-state index contributed by atoms with van der Waals surface area (Å²) in [6.45, 7) is 2.71. The van der Waals surface area contributed by atoms with E-state index in [1.807, 2.05) is 13.0 Å². The number of hydrogen-bond acceptors (Lipinski definition) is 5. The van der Waals surface area contributed by atoms with E-state index in [9.17, 15) is 14.0 Å². The summed E-state index contributed by atoms with van der Waals surface area (Å²) in [4.78, 5) is 31.6. The second kappa shape index (κ2) is 11.2. The van der Waals surface area contributed by atoms with Gasteiger partial charge in [-0.2, -0.15) is 0 Å². The van der Waals surface area contributed by atoms with Crippen LogP contribution in [0.15, 0.2) is 73.1 Å². The predicted octanol–water partition coefficient (Wildman–Crippen LogP) is 4.86. The minimum Gasteiger partial charge on any atom is -0.457 e. The first-order valence-electron chi connectivity index (χ1n) is 11.2. The number of carbonyl (C=O) groups is 2. The van der Waals surface area contributed by atoms with Crippen molar-refractivity contribution in [3.05, 3.63) is 90.0 Å². The van der Waals surface area contributed by atoms with Crippen LogP contribution in [0.3, 0.4) is 0 Å². The molecule has 4 aromatic rings. The van der Waals surface area contributed by atoms with Crippen LogP contribution in [0, 0.1) is 5.82 Å². The van der Waals surface area contributed by atoms with Crippen LogP contribution < -0.4 is 26.4 Å². The van der Waals surface area contributed by atoms with Gasteiger partial charge in [-0.05, 0) is 48.9 Å². The number of rotatable bonds is 8. The zero-order chi connectivity index (χ0) is 25.5. The molecule has 9 nitrogen and oxygen atoms in total. The van der Waals surface area contributed by atoms with Crippen molar-refractivity contribution in [1.82, 2.24) is 15.3 Å². The van der Waals surface area contributed by atoms with Gasteiger partial charge in [0.05, 0.1) is 22.6 Å². The van der Waals surface area contributed by atoms with Gasteiger partial charge in [-0.25, -0.2) is 9.18 Å². The average molecular weight is 489 g/mol. The molecule has 184 valence electrons. The molecule has 0 fully saturated rings. The van der Waals surface area contributed by atoms with Crippen LogP contribution in [0.2, 0.25) is 0 Å². The topological polar surface area (TPSA) is 134 Å². The van der Waals surface area contributed by atoms with E-state index in [0.29, 0.717) is 41.5 Å². The van der Waals surface area contributed by atoms with Crippen molar-refractivity contribution in [1.29, 1.82) is 0 Å². The summed E-state index contributed by atoms with van der Waals surface area (Å²) in [5.74, 6) is -0.189. The fourth-order valence-corrected chi connectivity index (χ4v) is 3.42. The highest BCUT2D eigenvalue weighted by atomic mass is 19.1. The third-order valence-corrected chi connectivity index (χ3v) is 5.13. The molecule has 0 radical (unpaired) electrons. The molecule has 0 aliphatic rings. The Morgan fingerprint density at radius 3 is 2.67 bits per heavy atom. The maximum absolute atomic E-state index is 14.7. The van der Waals surface area contributed by atoms with E-state index in [-0.39, 0.29) is 17.3 Å². The number of aromatic nitrogens is 2. The van der Waals surface area contributed by atoms with E-state index < -0.39 is 11.8 Å². The quantitative estimate of drug-likeness (QED) is 0.241. The van der Waals surface area contributed by atoms with Gasteiger partial charge in [-0.3, -0.25) is 9.78 Å². The third kappa shape index (κ3) is 6.05. The van der Waals surface area contributed by atoms with Crippen LogP contribution >= 0.6 is 0 Å². The Morgan fingerprint density at radius 1 is 1.06 bits per heavy atom. The van der Waals surface area contributed by atoms with Crippen LogP contribution in [0.5, 0.6) is 11.5 Å². The maximum atomic E-state index is 14.7. The first-order chi connectivity index (χ1) is 17.4. The largest absolute Gasteiger partial charge is 0.457 e. The molecule has 0 bridgehead atoms. The van der Waals surface area contributed by atoms with Crippen LogP contribution in [0.4, 0.5) is 20.6 Å². The van der Waals surface area contributed by atoms with Gasteiger partial charge in [0.15, 0.2) is 0 Å². The van der Waals surface area contributed by atoms with Gasteiger partial charge in [0.25, 0.3) is 5.91 Å². The van der Waals surface area contributed by atoms with Crippen LogP contribution in [0.1, 0.15) is 22.8 Å². The fraction of sp³-hybridized carbons (Fsp3) is 0.115. The number of benzene rings is 2. The van der Waals surface area contributed by atoms with Crippen molar-refractivity contribution in [2.75, 3.05) is 17.2 Å². The summed E-state index contributed by atoms with van der Waals surface area (Å²) in [7, 11) is 0. The summed E-state index contributed by atoms with van der Waals surface area (Å²) < 4.78 is 20.4. The molecule has 4 rings (SSSR count). The molecule has 0 aliphatic heterocycles. The second-order valence-electron chi connectivity index (χ2n) is 7.77. The van der Waals surface area contributed by atoms with E-state index in [1.165, 1.54) is 18.2 Å².